The standard InChI is InChI=1S/C14H14ClN3S/c1-18(9-10-2-4-11(15)5-3-10)12-6-7-17-13(8-12)14(16)19/h2-8H,9H2,1H3,(H2,16,19). The molecular weight excluding hydrogens is 278 g/mol. The zero-order valence-corrected chi connectivity index (χ0v) is 12.1. The Hall–Kier alpha value is -1.65. The first kappa shape index (κ1) is 13.8. The second-order valence-electron chi connectivity index (χ2n) is 4.25. The number of anilines is 1. The molecule has 1 heterocycles. The van der Waals surface area contributed by atoms with E-state index in [1.165, 1.54) is 5.56 Å². The molecule has 0 radical (unpaired) electrons. The van der Waals surface area contributed by atoms with Gasteiger partial charge in [-0.15, -0.1) is 0 Å². The van der Waals surface area contributed by atoms with Gasteiger partial charge in [-0.05, 0) is 29.8 Å². The third kappa shape index (κ3) is 3.66. The van der Waals surface area contributed by atoms with Crippen LogP contribution < -0.4 is 10.6 Å². The van der Waals surface area contributed by atoms with Crippen molar-refractivity contribution in [2.24, 2.45) is 5.73 Å². The molecule has 19 heavy (non-hydrogen) atoms. The maximum absolute atomic E-state index is 5.87. The molecular formula is C14H14ClN3S. The molecule has 1 aromatic heterocycles. The van der Waals surface area contributed by atoms with E-state index in [4.69, 9.17) is 29.6 Å². The monoisotopic (exact) mass is 291 g/mol. The second kappa shape index (κ2) is 5.99. The summed E-state index contributed by atoms with van der Waals surface area (Å²) in [4.78, 5) is 6.54. The Kier molecular flexibility index (Phi) is 4.35. The van der Waals surface area contributed by atoms with Crippen LogP contribution in [0.3, 0.4) is 0 Å². The normalized spacial score (nSPS) is 10.2. The number of thiocarbonyl (C=S) groups is 1. The van der Waals surface area contributed by atoms with Gasteiger partial charge in [-0.2, -0.15) is 0 Å². The Labute approximate surface area is 123 Å². The SMILES string of the molecule is CN(Cc1ccc(Cl)cc1)c1ccnc(C(N)=S)c1. The van der Waals surface area contributed by atoms with Crippen LogP contribution in [0.2, 0.25) is 5.02 Å². The molecule has 0 bridgehead atoms. The minimum atomic E-state index is 0.307. The highest BCUT2D eigenvalue weighted by Crippen LogP contribution is 2.17. The van der Waals surface area contributed by atoms with Crippen molar-refractivity contribution in [3.05, 3.63) is 58.9 Å². The van der Waals surface area contributed by atoms with E-state index in [-0.39, 0.29) is 0 Å². The summed E-state index contributed by atoms with van der Waals surface area (Å²) in [5.41, 5.74) is 8.42. The minimum Gasteiger partial charge on any atom is -0.388 e. The Morgan fingerprint density at radius 2 is 2.00 bits per heavy atom. The van der Waals surface area contributed by atoms with Crippen LogP contribution in [0.25, 0.3) is 0 Å². The number of hydrogen-bond donors (Lipinski definition) is 1. The zero-order chi connectivity index (χ0) is 13.8. The molecule has 0 spiro atoms. The van der Waals surface area contributed by atoms with Gasteiger partial charge >= 0.3 is 0 Å². The average molecular weight is 292 g/mol. The smallest absolute Gasteiger partial charge is 0.122 e. The molecule has 98 valence electrons. The van der Waals surface area contributed by atoms with Gasteiger partial charge in [-0.3, -0.25) is 4.98 Å². The average Bonchev–Trinajstić information content (AvgIpc) is 2.41. The highest BCUT2D eigenvalue weighted by molar-refractivity contribution is 7.80. The van der Waals surface area contributed by atoms with Crippen LogP contribution in [0.1, 0.15) is 11.3 Å². The van der Waals surface area contributed by atoms with E-state index in [1.54, 1.807) is 6.20 Å². The first-order valence-electron chi connectivity index (χ1n) is 5.77. The predicted molar refractivity (Wildman–Crippen MR) is 83.7 cm³/mol. The number of halogens is 1. The predicted octanol–water partition coefficient (Wildman–Crippen LogP) is 3.01. The van der Waals surface area contributed by atoms with E-state index >= 15 is 0 Å². The number of rotatable bonds is 4. The molecule has 0 fully saturated rings. The van der Waals surface area contributed by atoms with E-state index < -0.39 is 0 Å². The van der Waals surface area contributed by atoms with Crippen molar-refractivity contribution in [1.82, 2.24) is 4.98 Å². The van der Waals surface area contributed by atoms with Crippen molar-refractivity contribution in [1.29, 1.82) is 0 Å². The van der Waals surface area contributed by atoms with Crippen molar-refractivity contribution < 1.29 is 0 Å². The topological polar surface area (TPSA) is 42.2 Å². The second-order valence-corrected chi connectivity index (χ2v) is 5.12. The third-order valence-corrected chi connectivity index (χ3v) is 3.23. The van der Waals surface area contributed by atoms with Crippen molar-refractivity contribution in [2.45, 2.75) is 6.54 Å². The molecule has 0 aliphatic rings. The number of nitrogens with zero attached hydrogens (tertiary/aromatic N) is 2. The fraction of sp³-hybridized carbons (Fsp3) is 0.143. The highest BCUT2D eigenvalue weighted by atomic mass is 35.5. The first-order chi connectivity index (χ1) is 9.06. The van der Waals surface area contributed by atoms with Crippen LogP contribution in [-0.4, -0.2) is 17.0 Å². The Morgan fingerprint density at radius 1 is 1.32 bits per heavy atom. The summed E-state index contributed by atoms with van der Waals surface area (Å²) < 4.78 is 0. The van der Waals surface area contributed by atoms with Crippen LogP contribution in [0.4, 0.5) is 5.69 Å². The van der Waals surface area contributed by atoms with Crippen LogP contribution in [0.15, 0.2) is 42.6 Å². The fourth-order valence-corrected chi connectivity index (χ4v) is 1.98. The van der Waals surface area contributed by atoms with Crippen molar-refractivity contribution in [2.75, 3.05) is 11.9 Å². The molecule has 0 aliphatic heterocycles. The van der Waals surface area contributed by atoms with E-state index in [1.807, 2.05) is 43.4 Å². The molecule has 2 N–H and O–H groups in total. The quantitative estimate of drug-likeness (QED) is 0.880. The number of benzene rings is 1. The van der Waals surface area contributed by atoms with Crippen molar-refractivity contribution in [3.63, 3.8) is 0 Å². The Balaban J connectivity index is 2.15. The lowest BCUT2D eigenvalue weighted by Gasteiger charge is -2.19. The zero-order valence-electron chi connectivity index (χ0n) is 10.5. The Bertz CT molecular complexity index is 583. The van der Waals surface area contributed by atoms with Crippen LogP contribution in [0.5, 0.6) is 0 Å². The van der Waals surface area contributed by atoms with E-state index in [2.05, 4.69) is 9.88 Å². The molecule has 1 aromatic carbocycles. The molecule has 5 heteroatoms. The molecule has 3 nitrogen and oxygen atoms in total. The van der Waals surface area contributed by atoms with E-state index in [9.17, 15) is 0 Å². The Morgan fingerprint density at radius 3 is 2.63 bits per heavy atom. The van der Waals surface area contributed by atoms with Gasteiger partial charge in [-0.1, -0.05) is 36.0 Å². The molecule has 0 atom stereocenters. The van der Waals surface area contributed by atoms with Crippen molar-refractivity contribution >= 4 is 34.5 Å². The minimum absolute atomic E-state index is 0.307. The lowest BCUT2D eigenvalue weighted by Crippen LogP contribution is -2.18. The van der Waals surface area contributed by atoms with Gasteiger partial charge in [0.25, 0.3) is 0 Å². The van der Waals surface area contributed by atoms with E-state index in [0.717, 1.165) is 17.3 Å². The summed E-state index contributed by atoms with van der Waals surface area (Å²) >= 11 is 10.8. The van der Waals surface area contributed by atoms with Crippen molar-refractivity contribution in [3.8, 4) is 0 Å². The maximum Gasteiger partial charge on any atom is 0.122 e. The first-order valence-corrected chi connectivity index (χ1v) is 6.56. The van der Waals surface area contributed by atoms with Gasteiger partial charge < -0.3 is 10.6 Å². The number of pyridine rings is 1. The third-order valence-electron chi connectivity index (χ3n) is 2.77. The highest BCUT2D eigenvalue weighted by Gasteiger charge is 2.05. The van der Waals surface area contributed by atoms with Gasteiger partial charge in [0.05, 0.1) is 5.69 Å². The van der Waals surface area contributed by atoms with Gasteiger partial charge in [0.2, 0.25) is 0 Å². The number of nitrogens with two attached hydrogens (primary N) is 1. The largest absolute Gasteiger partial charge is 0.388 e. The summed E-state index contributed by atoms with van der Waals surface area (Å²) in [6, 6.07) is 11.6. The fourth-order valence-electron chi connectivity index (χ4n) is 1.75. The van der Waals surface area contributed by atoms with Gasteiger partial charge in [0.1, 0.15) is 4.99 Å². The van der Waals surface area contributed by atoms with Gasteiger partial charge in [-0.25, -0.2) is 0 Å². The van der Waals surface area contributed by atoms with Crippen LogP contribution in [0, 0.1) is 0 Å². The summed E-state index contributed by atoms with van der Waals surface area (Å²) in [5.74, 6) is 0. The number of aromatic nitrogens is 1. The van der Waals surface area contributed by atoms with Gasteiger partial charge in [0, 0.05) is 30.5 Å². The lowest BCUT2D eigenvalue weighted by atomic mass is 10.2. The molecule has 0 aliphatic carbocycles. The molecule has 0 saturated carbocycles. The molecule has 0 unspecified atom stereocenters. The molecule has 2 rings (SSSR count). The van der Waals surface area contributed by atoms with Gasteiger partial charge in [0.15, 0.2) is 0 Å². The molecule has 2 aromatic rings. The summed E-state index contributed by atoms with van der Waals surface area (Å²) in [6.07, 6.45) is 1.71. The number of hydrogen-bond acceptors (Lipinski definition) is 3. The van der Waals surface area contributed by atoms with Crippen LogP contribution in [-0.2, 0) is 6.54 Å². The summed E-state index contributed by atoms with van der Waals surface area (Å²) in [6.45, 7) is 0.776. The summed E-state index contributed by atoms with van der Waals surface area (Å²) in [7, 11) is 2.01. The maximum atomic E-state index is 5.87. The molecule has 0 saturated heterocycles. The van der Waals surface area contributed by atoms with E-state index in [0.29, 0.717) is 10.7 Å². The lowest BCUT2D eigenvalue weighted by molar-refractivity contribution is 0.920. The molecule has 0 amide bonds. The summed E-state index contributed by atoms with van der Waals surface area (Å²) in [5, 5.41) is 0.742. The van der Waals surface area contributed by atoms with Crippen LogP contribution >= 0.6 is 23.8 Å².